The number of halogens is 1. The summed E-state index contributed by atoms with van der Waals surface area (Å²) >= 11 is 7.61. The second-order valence-corrected chi connectivity index (χ2v) is 8.66. The maximum Gasteiger partial charge on any atom is 0.355 e. The number of hydrogen-bond donors (Lipinski definition) is 2. The van der Waals surface area contributed by atoms with Gasteiger partial charge in [-0.1, -0.05) is 54.1 Å². The molecule has 170 valence electrons. The maximum absolute atomic E-state index is 12.6. The Balaban J connectivity index is 1.37. The number of thiophene rings is 1. The molecule has 0 bridgehead atoms. The summed E-state index contributed by atoms with van der Waals surface area (Å²) < 4.78 is 6.36. The second kappa shape index (κ2) is 10.3. The Kier molecular flexibility index (Phi) is 7.01. The van der Waals surface area contributed by atoms with Crippen molar-refractivity contribution in [3.8, 4) is 5.75 Å². The summed E-state index contributed by atoms with van der Waals surface area (Å²) in [6, 6.07) is 21.1. The van der Waals surface area contributed by atoms with Crippen molar-refractivity contribution in [3.63, 3.8) is 0 Å². The van der Waals surface area contributed by atoms with Gasteiger partial charge >= 0.3 is 17.8 Å². The van der Waals surface area contributed by atoms with E-state index in [0.29, 0.717) is 21.2 Å². The number of nitrogens with zero attached hydrogens (tertiary/aromatic N) is 1. The average molecular weight is 492 g/mol. The van der Waals surface area contributed by atoms with Crippen LogP contribution in [-0.4, -0.2) is 24.0 Å². The van der Waals surface area contributed by atoms with Crippen LogP contribution in [-0.2, 0) is 9.59 Å². The van der Waals surface area contributed by atoms with Crippen LogP contribution in [0, 0.1) is 6.92 Å². The monoisotopic (exact) mass is 491 g/mol. The summed E-state index contributed by atoms with van der Waals surface area (Å²) in [5.41, 5.74) is 4.18. The summed E-state index contributed by atoms with van der Waals surface area (Å²) in [4.78, 5) is 36.9. The van der Waals surface area contributed by atoms with Crippen molar-refractivity contribution in [2.24, 2.45) is 5.10 Å². The number of esters is 1. The Morgan fingerprint density at radius 2 is 1.76 bits per heavy atom. The molecule has 4 aromatic rings. The number of ether oxygens (including phenoxy) is 1. The molecule has 4 rings (SSSR count). The largest absolute Gasteiger partial charge is 0.422 e. The molecule has 2 amide bonds. The number of amides is 2. The summed E-state index contributed by atoms with van der Waals surface area (Å²) in [6.45, 7) is 1.88. The van der Waals surface area contributed by atoms with Crippen LogP contribution in [0.5, 0.6) is 5.75 Å². The summed E-state index contributed by atoms with van der Waals surface area (Å²) in [7, 11) is 0. The number of aryl methyl sites for hydroxylation is 1. The molecule has 0 saturated carbocycles. The molecule has 0 aliphatic rings. The molecule has 1 aromatic heterocycles. The lowest BCUT2D eigenvalue weighted by atomic mass is 10.2. The minimum absolute atomic E-state index is 0.283. The van der Waals surface area contributed by atoms with E-state index in [0.717, 1.165) is 15.6 Å². The molecule has 0 radical (unpaired) electrons. The third-order valence-electron chi connectivity index (χ3n) is 4.65. The zero-order valence-electron chi connectivity index (χ0n) is 17.9. The number of nitrogens with one attached hydrogen (secondary N) is 2. The quantitative estimate of drug-likeness (QED) is 0.132. The third-order valence-corrected chi connectivity index (χ3v) is 6.31. The molecule has 7 nitrogen and oxygen atoms in total. The van der Waals surface area contributed by atoms with Crippen molar-refractivity contribution >= 4 is 62.7 Å². The number of anilines is 1. The molecule has 0 fully saturated rings. The first-order valence-corrected chi connectivity index (χ1v) is 11.3. The van der Waals surface area contributed by atoms with Crippen molar-refractivity contribution < 1.29 is 19.1 Å². The minimum Gasteiger partial charge on any atom is -0.422 e. The van der Waals surface area contributed by atoms with Gasteiger partial charge in [-0.2, -0.15) is 5.10 Å². The Morgan fingerprint density at radius 1 is 0.971 bits per heavy atom. The van der Waals surface area contributed by atoms with Crippen LogP contribution in [0.15, 0.2) is 77.9 Å². The average Bonchev–Trinajstić information content (AvgIpc) is 3.16. The number of carbonyl (C=O) groups is 3. The molecular weight excluding hydrogens is 474 g/mol. The number of hydrazone groups is 1. The predicted molar refractivity (Wildman–Crippen MR) is 134 cm³/mol. The molecule has 3 aromatic carbocycles. The molecule has 0 spiro atoms. The minimum atomic E-state index is -0.917. The van der Waals surface area contributed by atoms with Gasteiger partial charge in [0.2, 0.25) is 0 Å². The first-order chi connectivity index (χ1) is 16.4. The normalized spacial score (nSPS) is 10.9. The first-order valence-electron chi connectivity index (χ1n) is 10.1. The maximum atomic E-state index is 12.6. The molecule has 34 heavy (non-hydrogen) atoms. The second-order valence-electron chi connectivity index (χ2n) is 7.23. The van der Waals surface area contributed by atoms with Crippen LogP contribution in [0.1, 0.15) is 20.8 Å². The zero-order chi connectivity index (χ0) is 24.1. The lowest BCUT2D eigenvalue weighted by Crippen LogP contribution is -2.32. The molecule has 0 unspecified atom stereocenters. The molecule has 9 heteroatoms. The van der Waals surface area contributed by atoms with Gasteiger partial charge in [-0.15, -0.1) is 11.3 Å². The van der Waals surface area contributed by atoms with Crippen LogP contribution >= 0.6 is 22.9 Å². The highest BCUT2D eigenvalue weighted by atomic mass is 35.5. The highest BCUT2D eigenvalue weighted by Gasteiger charge is 2.19. The topological polar surface area (TPSA) is 96.9 Å². The Hall–Kier alpha value is -4.01. The van der Waals surface area contributed by atoms with Gasteiger partial charge in [0.1, 0.15) is 10.6 Å². The van der Waals surface area contributed by atoms with E-state index in [1.165, 1.54) is 17.6 Å². The zero-order valence-corrected chi connectivity index (χ0v) is 19.4. The molecule has 0 saturated heterocycles. The number of fused-ring (bicyclic) bond motifs is 1. The fourth-order valence-corrected chi connectivity index (χ4v) is 4.47. The summed E-state index contributed by atoms with van der Waals surface area (Å²) in [5.74, 6) is -2.04. The van der Waals surface area contributed by atoms with Gasteiger partial charge < -0.3 is 10.1 Å². The summed E-state index contributed by atoms with van der Waals surface area (Å²) in [5, 5.41) is 7.45. The van der Waals surface area contributed by atoms with E-state index >= 15 is 0 Å². The van der Waals surface area contributed by atoms with Gasteiger partial charge in [0, 0.05) is 15.8 Å². The van der Waals surface area contributed by atoms with Crippen LogP contribution in [0.4, 0.5) is 5.69 Å². The van der Waals surface area contributed by atoms with Gasteiger partial charge in [0.15, 0.2) is 0 Å². The van der Waals surface area contributed by atoms with E-state index in [9.17, 15) is 14.4 Å². The van der Waals surface area contributed by atoms with E-state index in [1.54, 1.807) is 42.5 Å². The van der Waals surface area contributed by atoms with E-state index in [2.05, 4.69) is 15.8 Å². The van der Waals surface area contributed by atoms with Crippen LogP contribution < -0.4 is 15.5 Å². The smallest absolute Gasteiger partial charge is 0.355 e. The van der Waals surface area contributed by atoms with Crippen molar-refractivity contribution in [2.45, 2.75) is 6.92 Å². The van der Waals surface area contributed by atoms with Crippen molar-refractivity contribution in [1.82, 2.24) is 5.43 Å². The Labute approximate surface area is 204 Å². The van der Waals surface area contributed by atoms with Crippen molar-refractivity contribution in [3.05, 3.63) is 93.8 Å². The van der Waals surface area contributed by atoms with E-state index in [-0.39, 0.29) is 5.75 Å². The SMILES string of the molecule is Cc1cccc(NC(=O)C(=O)NN=Cc2cccc(OC(=O)c3sc4ccccc4c3Cl)c2)c1. The fourth-order valence-electron chi connectivity index (χ4n) is 3.08. The molecule has 1 heterocycles. The van der Waals surface area contributed by atoms with Crippen LogP contribution in [0.3, 0.4) is 0 Å². The Bertz CT molecular complexity index is 1430. The first kappa shape index (κ1) is 23.2. The molecule has 0 aliphatic carbocycles. The van der Waals surface area contributed by atoms with Gasteiger partial charge in [0.05, 0.1) is 11.2 Å². The predicted octanol–water partition coefficient (Wildman–Crippen LogP) is 5.17. The number of carbonyl (C=O) groups excluding carboxylic acids is 3. The van der Waals surface area contributed by atoms with Gasteiger partial charge in [-0.05, 0) is 48.4 Å². The van der Waals surface area contributed by atoms with Crippen LogP contribution in [0.2, 0.25) is 5.02 Å². The van der Waals surface area contributed by atoms with Gasteiger partial charge in [-0.25, -0.2) is 10.2 Å². The number of hydrogen-bond acceptors (Lipinski definition) is 6. The van der Waals surface area contributed by atoms with E-state index in [4.69, 9.17) is 16.3 Å². The van der Waals surface area contributed by atoms with E-state index < -0.39 is 17.8 Å². The number of benzene rings is 3. The third kappa shape index (κ3) is 5.48. The number of rotatable bonds is 5. The van der Waals surface area contributed by atoms with E-state index in [1.807, 2.05) is 37.3 Å². The fraction of sp³-hybridized carbons (Fsp3) is 0.0400. The highest BCUT2D eigenvalue weighted by molar-refractivity contribution is 7.21. The molecule has 2 N–H and O–H groups in total. The molecular formula is C25H18ClN3O4S. The highest BCUT2D eigenvalue weighted by Crippen LogP contribution is 2.35. The lowest BCUT2D eigenvalue weighted by molar-refractivity contribution is -0.136. The van der Waals surface area contributed by atoms with Gasteiger partial charge in [0.25, 0.3) is 0 Å². The standard InChI is InChI=1S/C25H18ClN3O4S/c1-15-6-4-8-17(12-15)28-23(30)24(31)29-27-14-16-7-5-9-18(13-16)33-25(32)22-21(26)19-10-2-3-11-20(19)34-22/h2-14H,1H3,(H,28,30)(H,29,31). The summed E-state index contributed by atoms with van der Waals surface area (Å²) in [6.07, 6.45) is 1.33. The van der Waals surface area contributed by atoms with Crippen LogP contribution in [0.25, 0.3) is 10.1 Å². The molecule has 0 atom stereocenters. The van der Waals surface area contributed by atoms with Gasteiger partial charge in [-0.3, -0.25) is 9.59 Å². The van der Waals surface area contributed by atoms with Crippen molar-refractivity contribution in [1.29, 1.82) is 0 Å². The lowest BCUT2D eigenvalue weighted by Gasteiger charge is -2.05. The Morgan fingerprint density at radius 3 is 2.56 bits per heavy atom. The molecule has 0 aliphatic heterocycles. The van der Waals surface area contributed by atoms with Crippen molar-refractivity contribution in [2.75, 3.05) is 5.32 Å².